The molecule has 2 saturated heterocycles. The van der Waals surface area contributed by atoms with E-state index in [0.29, 0.717) is 16.7 Å². The van der Waals surface area contributed by atoms with E-state index in [1.165, 1.54) is 25.3 Å². The maximum absolute atomic E-state index is 16.3. The maximum Gasteiger partial charge on any atom is 0.329 e. The number of phenols is 1. The summed E-state index contributed by atoms with van der Waals surface area (Å²) in [5.74, 6) is 1.73. The molecule has 4 aliphatic rings. The lowest BCUT2D eigenvalue weighted by Crippen LogP contribution is -2.57. The number of imide groups is 1. The first kappa shape index (κ1) is 42.7. The molecular formula is C51H50N4O8. The molecule has 3 N–H and O–H groups in total. The van der Waals surface area contributed by atoms with Crippen LogP contribution in [0.2, 0.25) is 0 Å². The second kappa shape index (κ2) is 17.8. The van der Waals surface area contributed by atoms with Crippen molar-refractivity contribution < 1.29 is 38.6 Å². The molecule has 7 unspecified atom stereocenters. The van der Waals surface area contributed by atoms with Crippen molar-refractivity contribution in [2.75, 3.05) is 18.6 Å². The molecule has 2 fully saturated rings. The first-order valence-corrected chi connectivity index (χ1v) is 21.3. The Balaban J connectivity index is 1.45. The molecule has 0 radical (unpaired) electrons. The number of esters is 2. The van der Waals surface area contributed by atoms with Gasteiger partial charge in [0, 0.05) is 12.1 Å². The standard InChI is InChI=1S/C51H50N4O8/c1-5-29-52-46(57)40-43-48(59)63-44(35-19-13-8-14-20-35)42(34-17-11-7-12-18-34)55(43)45(36-24-26-37(56)27-25-36)51(40)38-30-33(22-21-32-15-9-6-10-16-32)23-28-39(38)54(49(51)60)50(61)53-41(31(2)3)47(58)62-4/h5,7-8,11-15,17-20,23-28,30-31,40-45,56H,1,6,9-10,16,29H2,2-4H3,(H,52,57)(H,53,61). The minimum atomic E-state index is -2.03. The van der Waals surface area contributed by atoms with Gasteiger partial charge in [0.15, 0.2) is 0 Å². The van der Waals surface area contributed by atoms with Crippen molar-refractivity contribution in [3.63, 3.8) is 0 Å². The van der Waals surface area contributed by atoms with Gasteiger partial charge in [0.1, 0.15) is 29.4 Å². The van der Waals surface area contributed by atoms with Crippen molar-refractivity contribution in [1.29, 1.82) is 0 Å². The van der Waals surface area contributed by atoms with Gasteiger partial charge in [-0.3, -0.25) is 19.3 Å². The summed E-state index contributed by atoms with van der Waals surface area (Å²) in [6.45, 7) is 7.29. The number of fused-ring (bicyclic) bond motifs is 3. The highest BCUT2D eigenvalue weighted by molar-refractivity contribution is 6.25. The number of nitrogens with one attached hydrogen (secondary N) is 2. The number of benzene rings is 4. The minimum Gasteiger partial charge on any atom is -0.508 e. The van der Waals surface area contributed by atoms with Gasteiger partial charge in [0.2, 0.25) is 11.8 Å². The number of hydrogen-bond acceptors (Lipinski definition) is 9. The van der Waals surface area contributed by atoms with Gasteiger partial charge < -0.3 is 25.2 Å². The third-order valence-corrected chi connectivity index (χ3v) is 12.6. The molecule has 4 aromatic rings. The summed E-state index contributed by atoms with van der Waals surface area (Å²) in [5, 5.41) is 16.3. The topological polar surface area (TPSA) is 155 Å². The van der Waals surface area contributed by atoms with Crippen LogP contribution in [0.3, 0.4) is 0 Å². The molecule has 322 valence electrons. The third kappa shape index (κ3) is 7.56. The van der Waals surface area contributed by atoms with Crippen LogP contribution in [0.4, 0.5) is 10.5 Å². The highest BCUT2D eigenvalue weighted by atomic mass is 16.6. The lowest BCUT2D eigenvalue weighted by atomic mass is 9.65. The molecule has 7 atom stereocenters. The molecule has 8 rings (SSSR count). The predicted octanol–water partition coefficient (Wildman–Crippen LogP) is 7.12. The van der Waals surface area contributed by atoms with Gasteiger partial charge in [-0.15, -0.1) is 6.58 Å². The van der Waals surface area contributed by atoms with Crippen LogP contribution in [0.15, 0.2) is 127 Å². The van der Waals surface area contributed by atoms with Crippen molar-refractivity contribution >= 4 is 35.5 Å². The van der Waals surface area contributed by atoms with E-state index in [2.05, 4.69) is 35.1 Å². The largest absolute Gasteiger partial charge is 0.508 e. The normalized spacial score (nSPS) is 24.3. The van der Waals surface area contributed by atoms with Gasteiger partial charge in [0.25, 0.3) is 0 Å². The number of carbonyl (C=O) groups is 5. The van der Waals surface area contributed by atoms with Crippen molar-refractivity contribution in [2.45, 2.75) is 75.2 Å². The number of hydrogen-bond donors (Lipinski definition) is 3. The number of anilines is 1. The molecule has 1 aliphatic carbocycles. The van der Waals surface area contributed by atoms with Crippen molar-refractivity contribution in [3.8, 4) is 17.6 Å². The number of rotatable bonds is 9. The molecule has 3 heterocycles. The summed E-state index contributed by atoms with van der Waals surface area (Å²) in [6, 6.07) is 24.8. The van der Waals surface area contributed by atoms with E-state index in [1.54, 1.807) is 44.2 Å². The Bertz CT molecular complexity index is 2530. The Morgan fingerprint density at radius 1 is 0.921 bits per heavy atom. The molecule has 0 bridgehead atoms. The number of cyclic esters (lactones) is 1. The van der Waals surface area contributed by atoms with Gasteiger partial charge in [-0.05, 0) is 89.8 Å². The highest BCUT2D eigenvalue weighted by Gasteiger charge is 2.75. The Morgan fingerprint density at radius 3 is 2.25 bits per heavy atom. The summed E-state index contributed by atoms with van der Waals surface area (Å²) >= 11 is 0. The number of allylic oxidation sites excluding steroid dienone is 2. The monoisotopic (exact) mass is 846 g/mol. The number of nitrogens with zero attached hydrogens (tertiary/aromatic N) is 2. The number of amides is 4. The SMILES string of the molecule is C=CCNC(=O)C1C2C(=O)OC(c3ccccc3)C(c3ccccc3)N2C(c2ccc(O)cc2)C12C(=O)N(C(=O)NC(C(=O)OC)C(C)C)c1ccc(C#CC3=CCCCC3)cc12. The van der Waals surface area contributed by atoms with E-state index in [1.807, 2.05) is 65.6 Å². The van der Waals surface area contributed by atoms with Gasteiger partial charge in [-0.25, -0.2) is 14.5 Å². The van der Waals surface area contributed by atoms with Crippen LogP contribution in [0.1, 0.15) is 85.5 Å². The Morgan fingerprint density at radius 2 is 1.62 bits per heavy atom. The number of aromatic hydroxyl groups is 1. The summed E-state index contributed by atoms with van der Waals surface area (Å²) in [4.78, 5) is 77.4. The average Bonchev–Trinajstić information content (AvgIpc) is 3.76. The lowest BCUT2D eigenvalue weighted by molar-refractivity contribution is -0.178. The quantitative estimate of drug-likeness (QED) is 0.0908. The molecule has 63 heavy (non-hydrogen) atoms. The van der Waals surface area contributed by atoms with Crippen molar-refractivity contribution in [1.82, 2.24) is 15.5 Å². The highest BCUT2D eigenvalue weighted by Crippen LogP contribution is 2.66. The molecule has 0 saturated carbocycles. The zero-order chi connectivity index (χ0) is 44.4. The summed E-state index contributed by atoms with van der Waals surface area (Å²) in [5.41, 5.74) is 1.85. The van der Waals surface area contributed by atoms with E-state index >= 15 is 14.4 Å². The zero-order valence-corrected chi connectivity index (χ0v) is 35.5. The molecule has 12 nitrogen and oxygen atoms in total. The summed E-state index contributed by atoms with van der Waals surface area (Å²) < 4.78 is 11.5. The summed E-state index contributed by atoms with van der Waals surface area (Å²) in [7, 11) is 1.22. The first-order chi connectivity index (χ1) is 30.5. The van der Waals surface area contributed by atoms with Crippen LogP contribution in [-0.2, 0) is 34.1 Å². The van der Waals surface area contributed by atoms with Gasteiger partial charge >= 0.3 is 18.0 Å². The fourth-order valence-electron chi connectivity index (χ4n) is 9.85. The van der Waals surface area contributed by atoms with Crippen molar-refractivity contribution in [3.05, 3.63) is 155 Å². The smallest absolute Gasteiger partial charge is 0.329 e. The molecular weight excluding hydrogens is 797 g/mol. The fraction of sp³-hybridized carbons (Fsp3) is 0.314. The molecule has 4 aromatic carbocycles. The molecule has 3 aliphatic heterocycles. The van der Waals surface area contributed by atoms with E-state index < -0.39 is 77.3 Å². The van der Waals surface area contributed by atoms with E-state index in [-0.39, 0.29) is 23.5 Å². The van der Waals surface area contributed by atoms with E-state index in [9.17, 15) is 14.7 Å². The molecule has 0 aromatic heterocycles. The molecule has 4 amide bonds. The third-order valence-electron chi connectivity index (χ3n) is 12.6. The van der Waals surface area contributed by atoms with Gasteiger partial charge in [-0.1, -0.05) is 111 Å². The van der Waals surface area contributed by atoms with E-state index in [4.69, 9.17) is 9.47 Å². The first-order valence-electron chi connectivity index (χ1n) is 21.3. The second-order valence-corrected chi connectivity index (χ2v) is 16.7. The van der Waals surface area contributed by atoms with Crippen molar-refractivity contribution in [2.24, 2.45) is 11.8 Å². The van der Waals surface area contributed by atoms with Gasteiger partial charge in [0.05, 0.1) is 30.8 Å². The molecule has 1 spiro atoms. The van der Waals surface area contributed by atoms with Crippen LogP contribution in [-0.4, -0.2) is 65.5 Å². The number of urea groups is 1. The lowest BCUT2D eigenvalue weighted by Gasteiger charge is -2.46. The molecule has 12 heteroatoms. The van der Waals surface area contributed by atoms with Gasteiger partial charge in [-0.2, -0.15) is 0 Å². The average molecular weight is 847 g/mol. The van der Waals surface area contributed by atoms with Crippen LogP contribution in [0, 0.1) is 23.7 Å². The van der Waals surface area contributed by atoms with Crippen LogP contribution in [0.5, 0.6) is 5.75 Å². The summed E-state index contributed by atoms with van der Waals surface area (Å²) in [6.07, 6.45) is 6.59. The number of ether oxygens (including phenoxy) is 2. The van der Waals surface area contributed by atoms with Crippen LogP contribution in [0.25, 0.3) is 0 Å². The zero-order valence-electron chi connectivity index (χ0n) is 35.5. The predicted molar refractivity (Wildman–Crippen MR) is 236 cm³/mol. The Hall–Kier alpha value is -6.97. The minimum absolute atomic E-state index is 0.00683. The number of phenolic OH excluding ortho intramolecular Hbond substituents is 1. The fourth-order valence-corrected chi connectivity index (χ4v) is 9.85. The Labute approximate surface area is 367 Å². The number of methoxy groups -OCH3 is 1. The van der Waals surface area contributed by atoms with E-state index in [0.717, 1.165) is 41.7 Å². The second-order valence-electron chi connectivity index (χ2n) is 16.7. The Kier molecular flexibility index (Phi) is 12.1. The van der Waals surface area contributed by atoms with Crippen LogP contribution < -0.4 is 15.5 Å². The number of morpholine rings is 1. The van der Waals surface area contributed by atoms with Crippen LogP contribution >= 0.6 is 0 Å². The maximum atomic E-state index is 16.3. The number of carbonyl (C=O) groups excluding carboxylic acids is 5.